The summed E-state index contributed by atoms with van der Waals surface area (Å²) in [6, 6.07) is 9.40. The third kappa shape index (κ3) is 2.33. The summed E-state index contributed by atoms with van der Waals surface area (Å²) >= 11 is 3.40. The number of rotatable bonds is 2. The Labute approximate surface area is 102 Å². The minimum atomic E-state index is 0.428. The van der Waals surface area contributed by atoms with Crippen LogP contribution >= 0.6 is 15.9 Å². The smallest absolute Gasteiger partial charge is 0.242 e. The van der Waals surface area contributed by atoms with Gasteiger partial charge in [-0.3, -0.25) is 0 Å². The zero-order chi connectivity index (χ0) is 11.5. The Morgan fingerprint density at radius 1 is 1.31 bits per heavy atom. The lowest BCUT2D eigenvalue weighted by atomic mass is 10.3. The maximum atomic E-state index is 5.82. The van der Waals surface area contributed by atoms with Crippen molar-refractivity contribution in [2.75, 3.05) is 5.73 Å². The summed E-state index contributed by atoms with van der Waals surface area (Å²) in [6.45, 7) is 1.94. The van der Waals surface area contributed by atoms with E-state index in [1.165, 1.54) is 0 Å². The lowest BCUT2D eigenvalue weighted by Gasteiger charge is -2.08. The SMILES string of the molecule is Cc1cnc(Oc2ccccc2Br)c(N)c1. The van der Waals surface area contributed by atoms with E-state index < -0.39 is 0 Å². The lowest BCUT2D eigenvalue weighted by Crippen LogP contribution is -1.95. The summed E-state index contributed by atoms with van der Waals surface area (Å²) in [6.07, 6.45) is 1.72. The molecule has 0 aliphatic heterocycles. The van der Waals surface area contributed by atoms with Gasteiger partial charge in [0.25, 0.3) is 0 Å². The van der Waals surface area contributed by atoms with Crippen molar-refractivity contribution in [1.82, 2.24) is 4.98 Å². The predicted molar refractivity (Wildman–Crippen MR) is 67.6 cm³/mol. The van der Waals surface area contributed by atoms with Gasteiger partial charge in [0.2, 0.25) is 5.88 Å². The highest BCUT2D eigenvalue weighted by Gasteiger charge is 2.06. The van der Waals surface area contributed by atoms with Gasteiger partial charge in [-0.15, -0.1) is 0 Å². The molecular formula is C12H11BrN2O. The first-order valence-electron chi connectivity index (χ1n) is 4.81. The van der Waals surface area contributed by atoms with Crippen LogP contribution in [-0.4, -0.2) is 4.98 Å². The molecule has 2 N–H and O–H groups in total. The Bertz CT molecular complexity index is 514. The lowest BCUT2D eigenvalue weighted by molar-refractivity contribution is 0.462. The summed E-state index contributed by atoms with van der Waals surface area (Å²) in [5.41, 5.74) is 7.37. The third-order valence-electron chi connectivity index (χ3n) is 2.06. The van der Waals surface area contributed by atoms with Crippen molar-refractivity contribution < 1.29 is 4.74 Å². The van der Waals surface area contributed by atoms with Gasteiger partial charge < -0.3 is 10.5 Å². The first-order valence-corrected chi connectivity index (χ1v) is 5.60. The standard InChI is InChI=1S/C12H11BrN2O/c1-8-6-10(14)12(15-7-8)16-11-5-3-2-4-9(11)13/h2-7H,14H2,1H3. The highest BCUT2D eigenvalue weighted by atomic mass is 79.9. The summed E-state index contributed by atoms with van der Waals surface area (Å²) in [5, 5.41) is 0. The number of nitrogens with zero attached hydrogens (tertiary/aromatic N) is 1. The van der Waals surface area contributed by atoms with Crippen LogP contribution in [0, 0.1) is 6.92 Å². The monoisotopic (exact) mass is 278 g/mol. The Morgan fingerprint density at radius 2 is 2.06 bits per heavy atom. The van der Waals surface area contributed by atoms with Gasteiger partial charge in [-0.05, 0) is 46.6 Å². The molecule has 0 unspecified atom stereocenters. The number of aromatic nitrogens is 1. The van der Waals surface area contributed by atoms with E-state index in [9.17, 15) is 0 Å². The number of hydrogen-bond donors (Lipinski definition) is 1. The molecule has 0 saturated carbocycles. The molecule has 0 fully saturated rings. The van der Waals surface area contributed by atoms with Crippen molar-refractivity contribution in [3.8, 4) is 11.6 Å². The first kappa shape index (κ1) is 11.0. The van der Waals surface area contributed by atoms with Gasteiger partial charge in [0.05, 0.1) is 10.2 Å². The van der Waals surface area contributed by atoms with Crippen LogP contribution in [0.25, 0.3) is 0 Å². The van der Waals surface area contributed by atoms with E-state index in [0.717, 1.165) is 10.0 Å². The molecule has 0 radical (unpaired) electrons. The van der Waals surface area contributed by atoms with E-state index in [4.69, 9.17) is 10.5 Å². The fourth-order valence-electron chi connectivity index (χ4n) is 1.30. The summed E-state index contributed by atoms with van der Waals surface area (Å²) in [7, 11) is 0. The van der Waals surface area contributed by atoms with Gasteiger partial charge in [-0.25, -0.2) is 4.98 Å². The average molecular weight is 279 g/mol. The molecule has 0 bridgehead atoms. The van der Waals surface area contributed by atoms with E-state index >= 15 is 0 Å². The molecular weight excluding hydrogens is 268 g/mol. The van der Waals surface area contributed by atoms with Crippen molar-refractivity contribution >= 4 is 21.6 Å². The van der Waals surface area contributed by atoms with Crippen molar-refractivity contribution in [2.24, 2.45) is 0 Å². The van der Waals surface area contributed by atoms with Gasteiger partial charge in [-0.1, -0.05) is 12.1 Å². The highest BCUT2D eigenvalue weighted by molar-refractivity contribution is 9.10. The molecule has 0 aliphatic rings. The summed E-state index contributed by atoms with van der Waals surface area (Å²) in [4.78, 5) is 4.15. The Balaban J connectivity index is 2.31. The van der Waals surface area contributed by atoms with E-state index in [1.807, 2.05) is 37.3 Å². The number of pyridine rings is 1. The van der Waals surface area contributed by atoms with E-state index in [2.05, 4.69) is 20.9 Å². The molecule has 0 saturated heterocycles. The number of halogens is 1. The fourth-order valence-corrected chi connectivity index (χ4v) is 1.66. The Kier molecular flexibility index (Phi) is 3.10. The molecule has 1 heterocycles. The van der Waals surface area contributed by atoms with Gasteiger partial charge in [-0.2, -0.15) is 0 Å². The van der Waals surface area contributed by atoms with Crippen LogP contribution in [-0.2, 0) is 0 Å². The number of para-hydroxylation sites is 1. The number of hydrogen-bond acceptors (Lipinski definition) is 3. The van der Waals surface area contributed by atoms with E-state index in [-0.39, 0.29) is 0 Å². The second-order valence-corrected chi connectivity index (χ2v) is 4.29. The van der Waals surface area contributed by atoms with Gasteiger partial charge >= 0.3 is 0 Å². The zero-order valence-corrected chi connectivity index (χ0v) is 10.4. The zero-order valence-electron chi connectivity index (χ0n) is 8.77. The summed E-state index contributed by atoms with van der Waals surface area (Å²) in [5.74, 6) is 1.13. The maximum absolute atomic E-state index is 5.82. The molecule has 1 aromatic heterocycles. The van der Waals surface area contributed by atoms with Crippen LogP contribution < -0.4 is 10.5 Å². The fraction of sp³-hybridized carbons (Fsp3) is 0.0833. The first-order chi connectivity index (χ1) is 7.66. The molecule has 0 atom stereocenters. The predicted octanol–water partition coefficient (Wildman–Crippen LogP) is 3.53. The van der Waals surface area contributed by atoms with Gasteiger partial charge in [0.15, 0.2) is 0 Å². The van der Waals surface area contributed by atoms with Crippen molar-refractivity contribution in [1.29, 1.82) is 0 Å². The van der Waals surface area contributed by atoms with Crippen molar-refractivity contribution in [2.45, 2.75) is 6.92 Å². The second kappa shape index (κ2) is 4.53. The van der Waals surface area contributed by atoms with Crippen LogP contribution in [0.4, 0.5) is 5.69 Å². The Hall–Kier alpha value is -1.55. The highest BCUT2D eigenvalue weighted by Crippen LogP contribution is 2.30. The van der Waals surface area contributed by atoms with Crippen LogP contribution in [0.5, 0.6) is 11.6 Å². The van der Waals surface area contributed by atoms with Crippen molar-refractivity contribution in [3.05, 3.63) is 46.6 Å². The third-order valence-corrected chi connectivity index (χ3v) is 2.71. The van der Waals surface area contributed by atoms with Crippen LogP contribution in [0.3, 0.4) is 0 Å². The van der Waals surface area contributed by atoms with Crippen LogP contribution in [0.2, 0.25) is 0 Å². The number of aryl methyl sites for hydroxylation is 1. The minimum Gasteiger partial charge on any atom is -0.436 e. The molecule has 82 valence electrons. The van der Waals surface area contributed by atoms with Gasteiger partial charge in [0, 0.05) is 6.20 Å². The number of anilines is 1. The molecule has 2 rings (SSSR count). The summed E-state index contributed by atoms with van der Waals surface area (Å²) < 4.78 is 6.48. The number of nitrogen functional groups attached to an aromatic ring is 1. The molecule has 0 amide bonds. The number of benzene rings is 1. The normalized spacial score (nSPS) is 10.1. The molecule has 4 heteroatoms. The quantitative estimate of drug-likeness (QED) is 0.914. The second-order valence-electron chi connectivity index (χ2n) is 3.44. The topological polar surface area (TPSA) is 48.1 Å². The number of ether oxygens (including phenoxy) is 1. The van der Waals surface area contributed by atoms with E-state index in [0.29, 0.717) is 17.3 Å². The molecule has 1 aromatic carbocycles. The molecule has 3 nitrogen and oxygen atoms in total. The largest absolute Gasteiger partial charge is 0.436 e. The molecule has 0 spiro atoms. The molecule has 16 heavy (non-hydrogen) atoms. The Morgan fingerprint density at radius 3 is 2.75 bits per heavy atom. The van der Waals surface area contributed by atoms with Crippen LogP contribution in [0.1, 0.15) is 5.56 Å². The van der Waals surface area contributed by atoms with Crippen LogP contribution in [0.15, 0.2) is 41.0 Å². The van der Waals surface area contributed by atoms with Gasteiger partial charge in [0.1, 0.15) is 5.75 Å². The van der Waals surface area contributed by atoms with Crippen molar-refractivity contribution in [3.63, 3.8) is 0 Å². The maximum Gasteiger partial charge on any atom is 0.242 e. The molecule has 0 aliphatic carbocycles. The number of nitrogens with two attached hydrogens (primary N) is 1. The van der Waals surface area contributed by atoms with E-state index in [1.54, 1.807) is 6.20 Å². The molecule has 2 aromatic rings. The minimum absolute atomic E-state index is 0.428. The average Bonchev–Trinajstić information content (AvgIpc) is 2.25.